The van der Waals surface area contributed by atoms with Crippen molar-refractivity contribution in [3.63, 3.8) is 0 Å². The Balaban J connectivity index is 1.37. The van der Waals surface area contributed by atoms with Crippen LogP contribution >= 0.6 is 0 Å². The summed E-state index contributed by atoms with van der Waals surface area (Å²) < 4.78 is 8.49. The molecule has 3 aromatic heterocycles. The third kappa shape index (κ3) is 3.29. The van der Waals surface area contributed by atoms with Gasteiger partial charge in [0.1, 0.15) is 12.4 Å². The van der Waals surface area contributed by atoms with Gasteiger partial charge in [0.2, 0.25) is 0 Å². The predicted molar refractivity (Wildman–Crippen MR) is 88.0 cm³/mol. The van der Waals surface area contributed by atoms with Crippen LogP contribution in [0.25, 0.3) is 5.65 Å². The van der Waals surface area contributed by atoms with Crippen LogP contribution in [0, 0.1) is 0 Å². The molecule has 0 aromatic carbocycles. The normalized spacial score (nSPS) is 16.6. The smallest absolute Gasteiger partial charge is 0.321 e. The van der Waals surface area contributed by atoms with Gasteiger partial charge in [0.15, 0.2) is 11.5 Å². The number of carbonyl (C=O) groups is 1. The van der Waals surface area contributed by atoms with E-state index in [4.69, 9.17) is 4.74 Å². The molecule has 1 atom stereocenters. The van der Waals surface area contributed by atoms with Gasteiger partial charge < -0.3 is 10.1 Å². The number of pyridine rings is 1. The number of nitrogens with one attached hydrogen (secondary N) is 2. The first-order chi connectivity index (χ1) is 12.2. The van der Waals surface area contributed by atoms with Crippen LogP contribution in [0.3, 0.4) is 0 Å². The zero-order chi connectivity index (χ0) is 17.2. The lowest BCUT2D eigenvalue weighted by molar-refractivity contribution is 0.177. The highest BCUT2D eigenvalue weighted by Crippen LogP contribution is 2.14. The maximum absolute atomic E-state index is 12.2. The second-order valence-corrected chi connectivity index (χ2v) is 5.83. The molecule has 2 N–H and O–H groups in total. The van der Waals surface area contributed by atoms with Crippen molar-refractivity contribution < 1.29 is 9.53 Å². The van der Waals surface area contributed by atoms with Gasteiger partial charge in [-0.15, -0.1) is 5.10 Å². The van der Waals surface area contributed by atoms with Crippen LogP contribution in [-0.4, -0.2) is 48.5 Å². The van der Waals surface area contributed by atoms with Crippen LogP contribution < -0.4 is 10.6 Å². The van der Waals surface area contributed by atoms with E-state index in [-0.39, 0.29) is 18.0 Å². The Bertz CT molecular complexity index is 869. The number of ether oxygens (including phenoxy) is 1. The van der Waals surface area contributed by atoms with Crippen molar-refractivity contribution in [1.29, 1.82) is 0 Å². The van der Waals surface area contributed by atoms with Gasteiger partial charge in [-0.2, -0.15) is 10.1 Å². The first kappa shape index (κ1) is 15.5. The molecule has 2 amide bonds. The molecular weight excluding hydrogens is 324 g/mol. The van der Waals surface area contributed by atoms with E-state index in [0.29, 0.717) is 24.6 Å². The van der Waals surface area contributed by atoms with Crippen LogP contribution in [0.15, 0.2) is 24.4 Å². The molecule has 0 aliphatic carbocycles. The maximum atomic E-state index is 12.2. The highest BCUT2D eigenvalue weighted by atomic mass is 16.5. The van der Waals surface area contributed by atoms with Gasteiger partial charge in [-0.3, -0.25) is 5.32 Å². The van der Waals surface area contributed by atoms with Crippen LogP contribution in [0.1, 0.15) is 18.1 Å². The van der Waals surface area contributed by atoms with Crippen molar-refractivity contribution >= 4 is 17.6 Å². The number of amides is 2. The molecule has 130 valence electrons. The molecule has 1 aliphatic heterocycles. The summed E-state index contributed by atoms with van der Waals surface area (Å²) in [6.45, 7) is 0.968. The third-order valence-corrected chi connectivity index (χ3v) is 3.98. The monoisotopic (exact) mass is 342 g/mol. The van der Waals surface area contributed by atoms with Crippen molar-refractivity contribution in [2.45, 2.75) is 32.0 Å². The zero-order valence-corrected chi connectivity index (χ0v) is 13.7. The molecule has 0 radical (unpaired) electrons. The number of aromatic nitrogens is 6. The number of hydrogen-bond donors (Lipinski definition) is 2. The minimum atomic E-state index is -0.332. The van der Waals surface area contributed by atoms with Crippen LogP contribution in [0.4, 0.5) is 10.7 Å². The summed E-state index contributed by atoms with van der Waals surface area (Å²) in [6, 6.07) is 5.18. The van der Waals surface area contributed by atoms with E-state index in [2.05, 4.69) is 30.8 Å². The Hall–Kier alpha value is -3.01. The average Bonchev–Trinajstić information content (AvgIpc) is 3.17. The fraction of sp³-hybridized carbons (Fsp3) is 0.400. The Morgan fingerprint density at radius 1 is 1.36 bits per heavy atom. The lowest BCUT2D eigenvalue weighted by Gasteiger charge is -2.23. The molecule has 0 saturated carbocycles. The van der Waals surface area contributed by atoms with Gasteiger partial charge in [-0.25, -0.2) is 19.0 Å². The highest BCUT2D eigenvalue weighted by molar-refractivity contribution is 5.87. The molecule has 25 heavy (non-hydrogen) atoms. The quantitative estimate of drug-likeness (QED) is 0.718. The average molecular weight is 342 g/mol. The molecule has 4 heterocycles. The maximum Gasteiger partial charge on any atom is 0.321 e. The molecule has 1 unspecified atom stereocenters. The molecule has 0 spiro atoms. The Morgan fingerprint density at radius 3 is 3.12 bits per heavy atom. The molecule has 1 aliphatic rings. The van der Waals surface area contributed by atoms with Crippen molar-refractivity contribution in [2.24, 2.45) is 0 Å². The molecule has 3 aromatic rings. The number of fused-ring (bicyclic) bond motifs is 2. The lowest BCUT2D eigenvalue weighted by atomic mass is 10.1. The summed E-state index contributed by atoms with van der Waals surface area (Å²) in [5.41, 5.74) is 0.674. The summed E-state index contributed by atoms with van der Waals surface area (Å²) in [7, 11) is 1.61. The van der Waals surface area contributed by atoms with Gasteiger partial charge in [-0.05, 0) is 18.6 Å². The van der Waals surface area contributed by atoms with E-state index < -0.39 is 0 Å². The van der Waals surface area contributed by atoms with Gasteiger partial charge in [0.25, 0.3) is 5.95 Å². The summed E-state index contributed by atoms with van der Waals surface area (Å²) >= 11 is 0. The number of methoxy groups -OCH3 is 1. The predicted octanol–water partition coefficient (Wildman–Crippen LogP) is 0.604. The lowest BCUT2D eigenvalue weighted by Crippen LogP contribution is -2.43. The van der Waals surface area contributed by atoms with E-state index in [9.17, 15) is 4.79 Å². The van der Waals surface area contributed by atoms with E-state index in [0.717, 1.165) is 18.7 Å². The fourth-order valence-electron chi connectivity index (χ4n) is 2.88. The molecule has 10 heteroatoms. The molecule has 0 saturated heterocycles. The Morgan fingerprint density at radius 2 is 2.28 bits per heavy atom. The number of rotatable bonds is 4. The zero-order valence-electron chi connectivity index (χ0n) is 13.7. The van der Waals surface area contributed by atoms with E-state index in [1.54, 1.807) is 17.8 Å². The van der Waals surface area contributed by atoms with Crippen molar-refractivity contribution in [3.8, 4) is 0 Å². The molecular formula is C15H18N8O2. The van der Waals surface area contributed by atoms with Crippen molar-refractivity contribution in [3.05, 3.63) is 36.0 Å². The van der Waals surface area contributed by atoms with E-state index in [1.807, 2.05) is 22.9 Å². The second-order valence-electron chi connectivity index (χ2n) is 5.83. The minimum Gasteiger partial charge on any atom is -0.377 e. The third-order valence-electron chi connectivity index (χ3n) is 3.98. The van der Waals surface area contributed by atoms with Gasteiger partial charge >= 0.3 is 6.03 Å². The molecule has 0 bridgehead atoms. The SMILES string of the molecule is COCc1nc2n(n1)CC(NC(=O)Nc1nc3ccccn3n1)CC2. The fourth-order valence-corrected chi connectivity index (χ4v) is 2.88. The highest BCUT2D eigenvalue weighted by Gasteiger charge is 2.23. The molecule has 0 fully saturated rings. The van der Waals surface area contributed by atoms with Crippen LogP contribution in [0.2, 0.25) is 0 Å². The standard InChI is InChI=1S/C15H18N8O2/c1-25-9-11-17-13-6-5-10(8-23(13)20-11)16-15(24)19-14-18-12-4-2-3-7-22(12)21-14/h2-4,7,10H,5-6,8-9H2,1H3,(H2,16,19,21,24). The van der Waals surface area contributed by atoms with Crippen LogP contribution in [-0.2, 0) is 24.3 Å². The van der Waals surface area contributed by atoms with E-state index in [1.165, 1.54) is 0 Å². The van der Waals surface area contributed by atoms with Crippen molar-refractivity contribution in [1.82, 2.24) is 34.7 Å². The summed E-state index contributed by atoms with van der Waals surface area (Å²) in [6.07, 6.45) is 3.34. The van der Waals surface area contributed by atoms with Crippen LogP contribution in [0.5, 0.6) is 0 Å². The Labute approximate surface area is 143 Å². The first-order valence-corrected chi connectivity index (χ1v) is 8.02. The molecule has 4 rings (SSSR count). The summed E-state index contributed by atoms with van der Waals surface area (Å²) in [5.74, 6) is 1.85. The largest absolute Gasteiger partial charge is 0.377 e. The van der Waals surface area contributed by atoms with Crippen molar-refractivity contribution in [2.75, 3.05) is 12.4 Å². The van der Waals surface area contributed by atoms with Gasteiger partial charge in [0, 0.05) is 19.7 Å². The summed E-state index contributed by atoms with van der Waals surface area (Å²) in [5, 5.41) is 14.2. The topological polar surface area (TPSA) is 111 Å². The number of urea groups is 1. The number of aryl methyl sites for hydroxylation is 1. The number of carbonyl (C=O) groups excluding carboxylic acids is 1. The summed E-state index contributed by atoms with van der Waals surface area (Å²) in [4.78, 5) is 20.9. The second kappa shape index (κ2) is 6.48. The number of anilines is 1. The first-order valence-electron chi connectivity index (χ1n) is 8.02. The minimum absolute atomic E-state index is 0.0263. The van der Waals surface area contributed by atoms with E-state index >= 15 is 0 Å². The van der Waals surface area contributed by atoms with Gasteiger partial charge in [-0.1, -0.05) is 6.07 Å². The van der Waals surface area contributed by atoms with Gasteiger partial charge in [0.05, 0.1) is 12.6 Å². The number of nitrogens with zero attached hydrogens (tertiary/aromatic N) is 6. The molecule has 10 nitrogen and oxygen atoms in total. The Kier molecular flexibility index (Phi) is 4.02. The number of hydrogen-bond acceptors (Lipinski definition) is 6.